The fourth-order valence-electron chi connectivity index (χ4n) is 3.88. The summed E-state index contributed by atoms with van der Waals surface area (Å²) in [7, 11) is 4.61. The lowest BCUT2D eigenvalue weighted by molar-refractivity contribution is 0.0870. The lowest BCUT2D eigenvalue weighted by Gasteiger charge is -2.23. The van der Waals surface area contributed by atoms with Crippen molar-refractivity contribution in [2.75, 3.05) is 21.3 Å². The van der Waals surface area contributed by atoms with Crippen LogP contribution in [-0.2, 0) is 11.3 Å². The fraction of sp³-hybridized carbons (Fsp3) is 0.231. The van der Waals surface area contributed by atoms with Gasteiger partial charge in [-0.25, -0.2) is 4.79 Å². The normalized spacial score (nSPS) is 15.0. The van der Waals surface area contributed by atoms with Crippen molar-refractivity contribution in [2.45, 2.75) is 19.1 Å². The minimum Gasteiger partial charge on any atom is -0.508 e. The highest BCUT2D eigenvalue weighted by atomic mass is 16.6. The zero-order chi connectivity index (χ0) is 24.1. The molecule has 1 aliphatic heterocycles. The highest BCUT2D eigenvalue weighted by Gasteiger charge is 2.35. The zero-order valence-electron chi connectivity index (χ0n) is 19.2. The number of carbonyl (C=O) groups excluding carboxylic acids is 1. The Hall–Kier alpha value is -4.20. The number of hydrazone groups is 1. The van der Waals surface area contributed by atoms with Crippen molar-refractivity contribution in [3.05, 3.63) is 83.4 Å². The van der Waals surface area contributed by atoms with Crippen LogP contribution in [0.5, 0.6) is 23.0 Å². The average molecular weight is 463 g/mol. The van der Waals surface area contributed by atoms with Crippen molar-refractivity contribution >= 4 is 11.8 Å². The summed E-state index contributed by atoms with van der Waals surface area (Å²) in [6.07, 6.45) is -0.180. The molecule has 4 rings (SSSR count). The van der Waals surface area contributed by atoms with E-state index < -0.39 is 12.1 Å². The van der Waals surface area contributed by atoms with E-state index in [9.17, 15) is 9.90 Å². The molecule has 3 aromatic carbocycles. The van der Waals surface area contributed by atoms with Crippen LogP contribution in [0.3, 0.4) is 0 Å². The fourth-order valence-corrected chi connectivity index (χ4v) is 3.88. The minimum atomic E-state index is -0.585. The van der Waals surface area contributed by atoms with Gasteiger partial charge in [0.25, 0.3) is 0 Å². The van der Waals surface area contributed by atoms with E-state index in [-0.39, 0.29) is 12.4 Å². The van der Waals surface area contributed by atoms with Gasteiger partial charge in [-0.1, -0.05) is 42.5 Å². The van der Waals surface area contributed by atoms with Gasteiger partial charge >= 0.3 is 6.09 Å². The van der Waals surface area contributed by atoms with Crippen LogP contribution in [0.15, 0.2) is 71.8 Å². The summed E-state index contributed by atoms with van der Waals surface area (Å²) >= 11 is 0. The average Bonchev–Trinajstić information content (AvgIpc) is 3.32. The van der Waals surface area contributed by atoms with Crippen molar-refractivity contribution in [3.63, 3.8) is 0 Å². The SMILES string of the molecule is COc1cc(C2CC(c3cccc(O)c3)=NN2C(=O)OCc2ccccc2)cc(OC)c1OC. The number of phenolic OH excluding ortho intramolecular Hbond substituents is 1. The number of rotatable bonds is 7. The number of methoxy groups -OCH3 is 3. The topological polar surface area (TPSA) is 89.8 Å². The lowest BCUT2D eigenvalue weighted by Crippen LogP contribution is -2.27. The summed E-state index contributed by atoms with van der Waals surface area (Å²) in [5.41, 5.74) is 2.98. The number of phenols is 1. The third-order valence-electron chi connectivity index (χ3n) is 5.55. The van der Waals surface area contributed by atoms with E-state index in [2.05, 4.69) is 5.10 Å². The van der Waals surface area contributed by atoms with Crippen LogP contribution >= 0.6 is 0 Å². The van der Waals surface area contributed by atoms with Crippen LogP contribution in [-0.4, -0.2) is 43.2 Å². The molecule has 1 atom stereocenters. The molecule has 1 heterocycles. The summed E-state index contributed by atoms with van der Waals surface area (Å²) in [6.45, 7) is 0.120. The maximum atomic E-state index is 13.1. The summed E-state index contributed by atoms with van der Waals surface area (Å²) in [5, 5.41) is 15.8. The Morgan fingerprint density at radius 1 is 0.971 bits per heavy atom. The van der Waals surface area contributed by atoms with Crippen molar-refractivity contribution in [3.8, 4) is 23.0 Å². The Kier molecular flexibility index (Phi) is 6.87. The maximum absolute atomic E-state index is 13.1. The molecule has 8 nitrogen and oxygen atoms in total. The second-order valence-corrected chi connectivity index (χ2v) is 7.66. The van der Waals surface area contributed by atoms with Gasteiger partial charge in [0, 0.05) is 12.0 Å². The minimum absolute atomic E-state index is 0.120. The largest absolute Gasteiger partial charge is 0.508 e. The summed E-state index contributed by atoms with van der Waals surface area (Å²) < 4.78 is 22.0. The van der Waals surface area contributed by atoms with E-state index in [1.165, 1.54) is 26.3 Å². The molecule has 8 heteroatoms. The molecule has 0 fully saturated rings. The Labute approximate surface area is 197 Å². The molecule has 1 N–H and O–H groups in total. The molecule has 1 unspecified atom stereocenters. The Morgan fingerprint density at radius 2 is 1.68 bits per heavy atom. The van der Waals surface area contributed by atoms with Crippen LogP contribution in [0, 0.1) is 0 Å². The molecule has 3 aromatic rings. The van der Waals surface area contributed by atoms with E-state index in [1.54, 1.807) is 30.3 Å². The second kappa shape index (κ2) is 10.2. The number of hydrogen-bond acceptors (Lipinski definition) is 7. The molecule has 176 valence electrons. The molecule has 34 heavy (non-hydrogen) atoms. The van der Waals surface area contributed by atoms with Crippen LogP contribution in [0.1, 0.15) is 29.2 Å². The van der Waals surface area contributed by atoms with E-state index in [0.29, 0.717) is 29.4 Å². The molecule has 0 radical (unpaired) electrons. The molecule has 1 amide bonds. The molecular weight excluding hydrogens is 436 g/mol. The number of hydrogen-bond donors (Lipinski definition) is 1. The Balaban J connectivity index is 1.69. The van der Waals surface area contributed by atoms with E-state index in [1.807, 2.05) is 36.4 Å². The molecule has 0 saturated carbocycles. The highest BCUT2D eigenvalue weighted by Crippen LogP contribution is 2.43. The predicted octanol–water partition coefficient (Wildman–Crippen LogP) is 4.91. The van der Waals surface area contributed by atoms with E-state index in [0.717, 1.165) is 16.7 Å². The monoisotopic (exact) mass is 462 g/mol. The summed E-state index contributed by atoms with van der Waals surface area (Å²) in [4.78, 5) is 13.1. The highest BCUT2D eigenvalue weighted by molar-refractivity contribution is 6.03. The van der Waals surface area contributed by atoms with Gasteiger partial charge in [-0.05, 0) is 35.4 Å². The van der Waals surface area contributed by atoms with E-state index >= 15 is 0 Å². The number of benzene rings is 3. The van der Waals surface area contributed by atoms with Crippen LogP contribution in [0.2, 0.25) is 0 Å². The quantitative estimate of drug-likeness (QED) is 0.537. The predicted molar refractivity (Wildman–Crippen MR) is 127 cm³/mol. The number of carbonyl (C=O) groups is 1. The van der Waals surface area contributed by atoms with E-state index in [4.69, 9.17) is 18.9 Å². The Bertz CT molecular complexity index is 1170. The van der Waals surface area contributed by atoms with Gasteiger partial charge in [0.2, 0.25) is 5.75 Å². The van der Waals surface area contributed by atoms with Crippen LogP contribution in [0.25, 0.3) is 0 Å². The van der Waals surface area contributed by atoms with Crippen LogP contribution < -0.4 is 14.2 Å². The molecule has 0 aromatic heterocycles. The van der Waals surface area contributed by atoms with Gasteiger partial charge in [-0.15, -0.1) is 0 Å². The number of aromatic hydroxyl groups is 1. The third-order valence-corrected chi connectivity index (χ3v) is 5.55. The van der Waals surface area contributed by atoms with Crippen molar-refractivity contribution in [2.24, 2.45) is 5.10 Å². The molecular formula is C26H26N2O6. The zero-order valence-corrected chi connectivity index (χ0v) is 19.2. The molecule has 0 aliphatic carbocycles. The maximum Gasteiger partial charge on any atom is 0.431 e. The van der Waals surface area contributed by atoms with Gasteiger partial charge in [0.1, 0.15) is 12.4 Å². The van der Waals surface area contributed by atoms with Crippen molar-refractivity contribution < 1.29 is 28.8 Å². The van der Waals surface area contributed by atoms with Gasteiger partial charge in [-0.3, -0.25) is 0 Å². The number of amides is 1. The summed E-state index contributed by atoms with van der Waals surface area (Å²) in [5.74, 6) is 1.52. The molecule has 0 bridgehead atoms. The van der Waals surface area contributed by atoms with Gasteiger partial charge < -0.3 is 24.1 Å². The Morgan fingerprint density at radius 3 is 2.29 bits per heavy atom. The van der Waals surface area contributed by atoms with Crippen molar-refractivity contribution in [1.29, 1.82) is 0 Å². The third kappa shape index (κ3) is 4.76. The standard InChI is InChI=1S/C26H26N2O6/c1-31-23-13-19(14-24(32-2)25(23)33-3)22-15-21(18-10-7-11-20(29)12-18)27-28(22)26(30)34-16-17-8-5-4-6-9-17/h4-14,22,29H,15-16H2,1-3H3. The first-order chi connectivity index (χ1) is 16.5. The molecule has 1 aliphatic rings. The molecule has 0 saturated heterocycles. The number of nitrogens with zero attached hydrogens (tertiary/aromatic N) is 2. The first kappa shape index (κ1) is 23.0. The summed E-state index contributed by atoms with van der Waals surface area (Å²) in [6, 6.07) is 19.3. The number of ether oxygens (including phenoxy) is 4. The van der Waals surface area contributed by atoms with Crippen molar-refractivity contribution in [1.82, 2.24) is 5.01 Å². The second-order valence-electron chi connectivity index (χ2n) is 7.66. The first-order valence-electron chi connectivity index (χ1n) is 10.7. The first-order valence-corrected chi connectivity index (χ1v) is 10.7. The van der Waals surface area contributed by atoms with Crippen LogP contribution in [0.4, 0.5) is 4.79 Å². The van der Waals surface area contributed by atoms with Gasteiger partial charge in [-0.2, -0.15) is 10.1 Å². The molecule has 0 spiro atoms. The van der Waals surface area contributed by atoms with Gasteiger partial charge in [0.05, 0.1) is 33.1 Å². The lowest BCUT2D eigenvalue weighted by atomic mass is 9.97. The van der Waals surface area contributed by atoms with Gasteiger partial charge in [0.15, 0.2) is 11.5 Å². The smallest absolute Gasteiger partial charge is 0.431 e.